The number of nitrogens with one attached hydrogen (secondary N) is 1. The highest BCUT2D eigenvalue weighted by molar-refractivity contribution is 7.80. The zero-order chi connectivity index (χ0) is 13.0. The molecule has 1 aliphatic heterocycles. The van der Waals surface area contributed by atoms with Crippen LogP contribution in [0.15, 0.2) is 17.5 Å². The van der Waals surface area contributed by atoms with Crippen LogP contribution in [0.5, 0.6) is 0 Å². The molecule has 0 aromatic carbocycles. The maximum absolute atomic E-state index is 11.2. The Morgan fingerprint density at radius 1 is 1.39 bits per heavy atom. The van der Waals surface area contributed by atoms with Crippen molar-refractivity contribution in [3.63, 3.8) is 0 Å². The molecule has 0 atom stereocenters. The summed E-state index contributed by atoms with van der Waals surface area (Å²) >= 11 is 7.09. The topological polar surface area (TPSA) is 35.6 Å². The highest BCUT2D eigenvalue weighted by Gasteiger charge is 2.19. The van der Waals surface area contributed by atoms with Gasteiger partial charge in [-0.05, 0) is 23.7 Å². The Hall–Kier alpha value is -1.14. The van der Waals surface area contributed by atoms with Gasteiger partial charge in [-0.3, -0.25) is 4.79 Å². The van der Waals surface area contributed by atoms with Gasteiger partial charge in [0.1, 0.15) is 0 Å². The van der Waals surface area contributed by atoms with Gasteiger partial charge in [0.05, 0.1) is 6.54 Å². The first kappa shape index (κ1) is 13.3. The first-order valence-electron chi connectivity index (χ1n) is 5.97. The van der Waals surface area contributed by atoms with Crippen molar-refractivity contribution in [3.05, 3.63) is 22.4 Å². The minimum atomic E-state index is 0.145. The first-order valence-corrected chi connectivity index (χ1v) is 7.26. The molecule has 2 heterocycles. The molecule has 1 amide bonds. The van der Waals surface area contributed by atoms with E-state index in [1.165, 1.54) is 4.88 Å². The van der Waals surface area contributed by atoms with Gasteiger partial charge in [-0.25, -0.2) is 0 Å². The van der Waals surface area contributed by atoms with Crippen molar-refractivity contribution in [1.29, 1.82) is 0 Å². The summed E-state index contributed by atoms with van der Waals surface area (Å²) in [6.07, 6.45) is 0. The Labute approximate surface area is 117 Å². The molecule has 1 aliphatic rings. The largest absolute Gasteiger partial charge is 0.358 e. The number of carbonyl (C=O) groups excluding carboxylic acids is 1. The monoisotopic (exact) mass is 283 g/mol. The normalized spacial score (nSPS) is 15.6. The molecule has 0 bridgehead atoms. The molecule has 0 spiro atoms. The third-order valence-electron chi connectivity index (χ3n) is 3.01. The minimum absolute atomic E-state index is 0.145. The van der Waals surface area contributed by atoms with E-state index in [0.29, 0.717) is 0 Å². The van der Waals surface area contributed by atoms with Crippen molar-refractivity contribution in [3.8, 4) is 0 Å². The van der Waals surface area contributed by atoms with Gasteiger partial charge in [-0.15, -0.1) is 11.3 Å². The summed E-state index contributed by atoms with van der Waals surface area (Å²) in [7, 11) is 0. The van der Waals surface area contributed by atoms with Crippen molar-refractivity contribution < 1.29 is 4.79 Å². The fraction of sp³-hybridized carbons (Fsp3) is 0.500. The van der Waals surface area contributed by atoms with E-state index in [4.69, 9.17) is 12.2 Å². The lowest BCUT2D eigenvalue weighted by atomic mass is 10.3. The molecule has 6 heteroatoms. The van der Waals surface area contributed by atoms with Gasteiger partial charge in [-0.1, -0.05) is 6.07 Å². The Morgan fingerprint density at radius 3 is 2.61 bits per heavy atom. The summed E-state index contributed by atoms with van der Waals surface area (Å²) in [4.78, 5) is 16.5. The van der Waals surface area contributed by atoms with Crippen LogP contribution < -0.4 is 5.32 Å². The summed E-state index contributed by atoms with van der Waals surface area (Å²) in [6, 6.07) is 4.13. The molecule has 1 saturated heterocycles. The highest BCUT2D eigenvalue weighted by atomic mass is 32.1. The standard InChI is InChI=1S/C12H17N3OS2/c1-10(16)14-4-6-15(7-5-14)12(17)13-9-11-3-2-8-18-11/h2-3,8H,4-7,9H2,1H3,(H,13,17). The molecule has 1 aromatic heterocycles. The van der Waals surface area contributed by atoms with Crippen molar-refractivity contribution in [1.82, 2.24) is 15.1 Å². The summed E-state index contributed by atoms with van der Waals surface area (Å²) in [5.41, 5.74) is 0. The number of thiocarbonyl (C=S) groups is 1. The second kappa shape index (κ2) is 6.15. The highest BCUT2D eigenvalue weighted by Crippen LogP contribution is 2.08. The lowest BCUT2D eigenvalue weighted by Gasteiger charge is -2.35. The molecule has 18 heavy (non-hydrogen) atoms. The Bertz CT molecular complexity index is 411. The fourth-order valence-electron chi connectivity index (χ4n) is 1.91. The smallest absolute Gasteiger partial charge is 0.219 e. The van der Waals surface area contributed by atoms with E-state index in [0.717, 1.165) is 37.8 Å². The molecular weight excluding hydrogens is 266 g/mol. The van der Waals surface area contributed by atoms with Crippen LogP contribution in [0.1, 0.15) is 11.8 Å². The average Bonchev–Trinajstić information content (AvgIpc) is 2.89. The number of piperazine rings is 1. The minimum Gasteiger partial charge on any atom is -0.358 e. The van der Waals surface area contributed by atoms with E-state index < -0.39 is 0 Å². The van der Waals surface area contributed by atoms with Gasteiger partial charge in [0, 0.05) is 38.0 Å². The van der Waals surface area contributed by atoms with E-state index in [1.807, 2.05) is 11.0 Å². The van der Waals surface area contributed by atoms with Gasteiger partial charge in [0.15, 0.2) is 5.11 Å². The first-order chi connectivity index (χ1) is 8.66. The van der Waals surface area contributed by atoms with Crippen molar-refractivity contribution >= 4 is 34.6 Å². The van der Waals surface area contributed by atoms with Crippen LogP contribution in [-0.4, -0.2) is 47.0 Å². The predicted octanol–water partition coefficient (Wildman–Crippen LogP) is 1.29. The zero-order valence-electron chi connectivity index (χ0n) is 10.4. The Morgan fingerprint density at radius 2 is 2.06 bits per heavy atom. The van der Waals surface area contributed by atoms with E-state index in [-0.39, 0.29) is 5.91 Å². The van der Waals surface area contributed by atoms with Gasteiger partial charge in [0.2, 0.25) is 5.91 Å². The van der Waals surface area contributed by atoms with Crippen LogP contribution in [0.25, 0.3) is 0 Å². The molecule has 0 saturated carbocycles. The second-order valence-corrected chi connectivity index (χ2v) is 5.65. The fourth-order valence-corrected chi connectivity index (χ4v) is 2.81. The van der Waals surface area contributed by atoms with Crippen molar-refractivity contribution in [2.45, 2.75) is 13.5 Å². The predicted molar refractivity (Wildman–Crippen MR) is 77.6 cm³/mol. The third kappa shape index (κ3) is 3.43. The summed E-state index contributed by atoms with van der Waals surface area (Å²) in [5, 5.41) is 6.11. The van der Waals surface area contributed by atoms with Gasteiger partial charge >= 0.3 is 0 Å². The maximum Gasteiger partial charge on any atom is 0.219 e. The number of nitrogens with zero attached hydrogens (tertiary/aromatic N) is 2. The number of carbonyl (C=O) groups is 1. The molecule has 2 rings (SSSR count). The lowest BCUT2D eigenvalue weighted by Crippen LogP contribution is -2.52. The molecule has 98 valence electrons. The molecule has 1 fully saturated rings. The van der Waals surface area contributed by atoms with Gasteiger partial charge in [0.25, 0.3) is 0 Å². The molecule has 0 aliphatic carbocycles. The number of hydrogen-bond donors (Lipinski definition) is 1. The second-order valence-electron chi connectivity index (χ2n) is 4.23. The number of rotatable bonds is 2. The van der Waals surface area contributed by atoms with Crippen LogP contribution in [0.2, 0.25) is 0 Å². The lowest BCUT2D eigenvalue weighted by molar-refractivity contribution is -0.130. The van der Waals surface area contributed by atoms with Crippen LogP contribution in [0, 0.1) is 0 Å². The number of thiophene rings is 1. The van der Waals surface area contributed by atoms with Crippen molar-refractivity contribution in [2.24, 2.45) is 0 Å². The van der Waals surface area contributed by atoms with E-state index >= 15 is 0 Å². The van der Waals surface area contributed by atoms with Crippen LogP contribution in [-0.2, 0) is 11.3 Å². The molecule has 4 nitrogen and oxygen atoms in total. The molecular formula is C12H17N3OS2. The molecule has 1 aromatic rings. The molecule has 1 N–H and O–H groups in total. The van der Waals surface area contributed by atoms with E-state index in [1.54, 1.807) is 18.3 Å². The van der Waals surface area contributed by atoms with Crippen molar-refractivity contribution in [2.75, 3.05) is 26.2 Å². The van der Waals surface area contributed by atoms with Crippen LogP contribution in [0.3, 0.4) is 0 Å². The van der Waals surface area contributed by atoms with Crippen LogP contribution >= 0.6 is 23.6 Å². The molecule has 0 radical (unpaired) electrons. The third-order valence-corrected chi connectivity index (χ3v) is 4.29. The summed E-state index contributed by atoms with van der Waals surface area (Å²) in [6.45, 7) is 5.55. The molecule has 0 unspecified atom stereocenters. The van der Waals surface area contributed by atoms with E-state index in [2.05, 4.69) is 21.7 Å². The number of hydrogen-bond acceptors (Lipinski definition) is 3. The Balaban J connectivity index is 1.75. The van der Waals surface area contributed by atoms with Crippen LogP contribution in [0.4, 0.5) is 0 Å². The van der Waals surface area contributed by atoms with Gasteiger partial charge in [-0.2, -0.15) is 0 Å². The van der Waals surface area contributed by atoms with E-state index in [9.17, 15) is 4.79 Å². The van der Waals surface area contributed by atoms with Gasteiger partial charge < -0.3 is 15.1 Å². The zero-order valence-corrected chi connectivity index (χ0v) is 12.0. The SMILES string of the molecule is CC(=O)N1CCN(C(=S)NCc2cccs2)CC1. The quantitative estimate of drug-likeness (QED) is 0.830. The summed E-state index contributed by atoms with van der Waals surface area (Å²) in [5.74, 6) is 0.145. The maximum atomic E-state index is 11.2. The average molecular weight is 283 g/mol. The summed E-state index contributed by atoms with van der Waals surface area (Å²) < 4.78 is 0. The Kier molecular flexibility index (Phi) is 4.54. The number of amides is 1.